The Hall–Kier alpha value is -2.53. The highest BCUT2D eigenvalue weighted by atomic mass is 32.2. The highest BCUT2D eigenvalue weighted by Gasteiger charge is 2.35. The average molecular weight is 407 g/mol. The number of halogens is 3. The van der Waals surface area contributed by atoms with Crippen molar-refractivity contribution in [3.63, 3.8) is 0 Å². The number of carbonyl (C=O) groups excluding carboxylic acids is 1. The number of rotatable bonds is 5. The van der Waals surface area contributed by atoms with Crippen molar-refractivity contribution in [1.29, 1.82) is 5.26 Å². The number of carbonyl (C=O) groups is 1. The Bertz CT molecular complexity index is 936. The van der Waals surface area contributed by atoms with E-state index in [-0.39, 0.29) is 28.4 Å². The SMILES string of the molecule is Cc1cc(C(F)(F)F)c(C#N)c(SCC(=O)NC(C)c2ccc(C)c(C)c2)n1. The number of nitrogens with zero attached hydrogens (tertiary/aromatic N) is 2. The summed E-state index contributed by atoms with van der Waals surface area (Å²) in [5, 5.41) is 11.9. The monoisotopic (exact) mass is 407 g/mol. The minimum absolute atomic E-state index is 0.0937. The van der Waals surface area contributed by atoms with Crippen LogP contribution in [0.4, 0.5) is 13.2 Å². The smallest absolute Gasteiger partial charge is 0.349 e. The summed E-state index contributed by atoms with van der Waals surface area (Å²) in [6, 6.07) is 8.03. The molecule has 2 rings (SSSR count). The minimum Gasteiger partial charge on any atom is -0.349 e. The third-order valence-corrected chi connectivity index (χ3v) is 5.26. The highest BCUT2D eigenvalue weighted by Crippen LogP contribution is 2.35. The van der Waals surface area contributed by atoms with E-state index >= 15 is 0 Å². The number of nitrogens with one attached hydrogen (secondary N) is 1. The molecule has 0 spiro atoms. The lowest BCUT2D eigenvalue weighted by Gasteiger charge is -2.16. The number of aromatic nitrogens is 1. The zero-order chi connectivity index (χ0) is 21.1. The number of nitriles is 1. The lowest BCUT2D eigenvalue weighted by molar-refractivity contribution is -0.138. The maximum absolute atomic E-state index is 13.1. The number of hydrogen-bond acceptors (Lipinski definition) is 4. The molecule has 28 heavy (non-hydrogen) atoms. The first kappa shape index (κ1) is 21.8. The first-order chi connectivity index (χ1) is 13.0. The van der Waals surface area contributed by atoms with E-state index in [2.05, 4.69) is 10.3 Å². The van der Waals surface area contributed by atoms with Gasteiger partial charge in [0.15, 0.2) is 0 Å². The number of benzene rings is 1. The van der Waals surface area contributed by atoms with Crippen LogP contribution in [0.3, 0.4) is 0 Å². The normalized spacial score (nSPS) is 12.4. The van der Waals surface area contributed by atoms with Gasteiger partial charge in [0.2, 0.25) is 5.91 Å². The molecule has 8 heteroatoms. The summed E-state index contributed by atoms with van der Waals surface area (Å²) >= 11 is 0.821. The van der Waals surface area contributed by atoms with Crippen LogP contribution in [0.1, 0.15) is 46.5 Å². The minimum atomic E-state index is -4.66. The van der Waals surface area contributed by atoms with Crippen LogP contribution in [0, 0.1) is 32.1 Å². The van der Waals surface area contributed by atoms with Gasteiger partial charge < -0.3 is 5.32 Å². The number of alkyl halides is 3. The fourth-order valence-electron chi connectivity index (χ4n) is 2.62. The predicted molar refractivity (Wildman–Crippen MR) is 102 cm³/mol. The number of hydrogen-bond donors (Lipinski definition) is 1. The Morgan fingerprint density at radius 3 is 2.50 bits per heavy atom. The first-order valence-corrected chi connectivity index (χ1v) is 9.49. The van der Waals surface area contributed by atoms with E-state index in [9.17, 15) is 18.0 Å². The maximum Gasteiger partial charge on any atom is 0.417 e. The van der Waals surface area contributed by atoms with E-state index in [1.807, 2.05) is 39.0 Å². The molecule has 1 atom stereocenters. The van der Waals surface area contributed by atoms with Gasteiger partial charge in [-0.25, -0.2) is 4.98 Å². The predicted octanol–water partition coefficient (Wildman–Crippen LogP) is 4.87. The molecular weight excluding hydrogens is 387 g/mol. The molecule has 4 nitrogen and oxygen atoms in total. The second-order valence-electron chi connectivity index (χ2n) is 6.52. The van der Waals surface area contributed by atoms with Gasteiger partial charge in [-0.2, -0.15) is 18.4 Å². The third kappa shape index (κ3) is 5.26. The molecule has 0 aliphatic heterocycles. The molecule has 1 unspecified atom stereocenters. The number of thioether (sulfide) groups is 1. The van der Waals surface area contributed by atoms with Crippen LogP contribution in [0.5, 0.6) is 0 Å². The Morgan fingerprint density at radius 2 is 1.93 bits per heavy atom. The van der Waals surface area contributed by atoms with Crippen LogP contribution in [0.25, 0.3) is 0 Å². The Labute approximate surface area is 166 Å². The first-order valence-electron chi connectivity index (χ1n) is 8.51. The lowest BCUT2D eigenvalue weighted by atomic mass is 10.0. The van der Waals surface area contributed by atoms with Crippen LogP contribution < -0.4 is 5.32 Å². The molecular formula is C20H20F3N3OS. The fraction of sp³-hybridized carbons (Fsp3) is 0.350. The molecule has 1 amide bonds. The molecule has 0 aliphatic rings. The molecule has 1 heterocycles. The molecule has 0 saturated heterocycles. The van der Waals surface area contributed by atoms with E-state index in [1.165, 1.54) is 6.92 Å². The van der Waals surface area contributed by atoms with Gasteiger partial charge in [-0.3, -0.25) is 4.79 Å². The Morgan fingerprint density at radius 1 is 1.25 bits per heavy atom. The van der Waals surface area contributed by atoms with Crippen LogP contribution in [-0.2, 0) is 11.0 Å². The summed E-state index contributed by atoms with van der Waals surface area (Å²) < 4.78 is 39.4. The van der Waals surface area contributed by atoms with Gasteiger partial charge in [0.05, 0.1) is 22.9 Å². The van der Waals surface area contributed by atoms with Crippen molar-refractivity contribution in [2.45, 2.75) is 44.9 Å². The molecule has 1 N–H and O–H groups in total. The largest absolute Gasteiger partial charge is 0.417 e. The molecule has 1 aromatic heterocycles. The van der Waals surface area contributed by atoms with E-state index in [4.69, 9.17) is 5.26 Å². The molecule has 0 aliphatic carbocycles. The fourth-order valence-corrected chi connectivity index (χ4v) is 3.47. The topological polar surface area (TPSA) is 65.8 Å². The summed E-state index contributed by atoms with van der Waals surface area (Å²) in [5.41, 5.74) is 1.74. The molecule has 0 fully saturated rings. The van der Waals surface area contributed by atoms with Crippen molar-refractivity contribution in [3.05, 3.63) is 57.8 Å². The van der Waals surface area contributed by atoms with Gasteiger partial charge >= 0.3 is 6.18 Å². The Balaban J connectivity index is 2.11. The van der Waals surface area contributed by atoms with Crippen LogP contribution in [0.2, 0.25) is 0 Å². The zero-order valence-corrected chi connectivity index (χ0v) is 16.8. The third-order valence-electron chi connectivity index (χ3n) is 4.28. The molecule has 1 aromatic carbocycles. The second kappa shape index (κ2) is 8.65. The van der Waals surface area contributed by atoms with Gasteiger partial charge in [0.1, 0.15) is 11.1 Å². The van der Waals surface area contributed by atoms with Crippen molar-refractivity contribution in [3.8, 4) is 6.07 Å². The van der Waals surface area contributed by atoms with Gasteiger partial charge in [0.25, 0.3) is 0 Å². The van der Waals surface area contributed by atoms with Gasteiger partial charge in [-0.05, 0) is 50.5 Å². The highest BCUT2D eigenvalue weighted by molar-refractivity contribution is 8.00. The summed E-state index contributed by atoms with van der Waals surface area (Å²) in [6.45, 7) is 7.23. The molecule has 148 valence electrons. The van der Waals surface area contributed by atoms with Crippen molar-refractivity contribution < 1.29 is 18.0 Å². The number of pyridine rings is 1. The van der Waals surface area contributed by atoms with Crippen molar-refractivity contribution in [1.82, 2.24) is 10.3 Å². The maximum atomic E-state index is 13.1. The quantitative estimate of drug-likeness (QED) is 0.719. The van der Waals surface area contributed by atoms with E-state index < -0.39 is 17.3 Å². The van der Waals surface area contributed by atoms with E-state index in [0.717, 1.165) is 34.5 Å². The standard InChI is InChI=1S/C20H20F3N3OS/c1-11-5-6-15(7-12(11)2)14(4)26-18(27)10-28-19-16(9-24)17(20(21,22)23)8-13(3)25-19/h5-8,14H,10H2,1-4H3,(H,26,27). The summed E-state index contributed by atoms with van der Waals surface area (Å²) in [7, 11) is 0. The van der Waals surface area contributed by atoms with Gasteiger partial charge in [-0.15, -0.1) is 0 Å². The lowest BCUT2D eigenvalue weighted by Crippen LogP contribution is -2.28. The molecule has 0 saturated carbocycles. The van der Waals surface area contributed by atoms with Crippen LogP contribution >= 0.6 is 11.8 Å². The van der Waals surface area contributed by atoms with E-state index in [0.29, 0.717) is 0 Å². The number of amides is 1. The zero-order valence-electron chi connectivity index (χ0n) is 15.9. The van der Waals surface area contributed by atoms with Crippen molar-refractivity contribution in [2.75, 3.05) is 5.75 Å². The summed E-state index contributed by atoms with van der Waals surface area (Å²) in [6.07, 6.45) is -4.66. The average Bonchev–Trinajstić information content (AvgIpc) is 2.60. The van der Waals surface area contributed by atoms with Crippen molar-refractivity contribution in [2.24, 2.45) is 0 Å². The van der Waals surface area contributed by atoms with E-state index in [1.54, 1.807) is 6.07 Å². The second-order valence-corrected chi connectivity index (χ2v) is 7.49. The van der Waals surface area contributed by atoms with Crippen LogP contribution in [-0.4, -0.2) is 16.6 Å². The summed E-state index contributed by atoms with van der Waals surface area (Å²) in [4.78, 5) is 16.3. The van der Waals surface area contributed by atoms with Gasteiger partial charge in [-0.1, -0.05) is 30.0 Å². The Kier molecular flexibility index (Phi) is 6.73. The van der Waals surface area contributed by atoms with Gasteiger partial charge in [0, 0.05) is 5.69 Å². The van der Waals surface area contributed by atoms with Crippen LogP contribution in [0.15, 0.2) is 29.3 Å². The molecule has 2 aromatic rings. The number of aryl methyl sites for hydroxylation is 3. The summed E-state index contributed by atoms with van der Waals surface area (Å²) in [5.74, 6) is -0.492. The molecule has 0 bridgehead atoms. The van der Waals surface area contributed by atoms with Crippen molar-refractivity contribution >= 4 is 17.7 Å². The molecule has 0 radical (unpaired) electrons.